The Balaban J connectivity index is 1.30. The Morgan fingerprint density at radius 2 is 0.755 bits per heavy atom. The molecule has 0 spiro atoms. The zero-order valence-electron chi connectivity index (χ0n) is 27.0. The van der Waals surface area contributed by atoms with E-state index in [0.717, 1.165) is 0 Å². The van der Waals surface area contributed by atoms with Gasteiger partial charge in [-0.05, 0) is 106 Å². The standard InChI is InChI=1S/C49H32/c1-4-16-33(17-5-1)44-30-35-31-45(39-23-11-13-26-43(39)48(35)42-25-12-10-22-38(42)44)34-28-29-41-40-24-14-15-27-46(40)49(47(41)32-34,36-18-6-2-7-19-36)37-20-8-3-9-21-37/h1-32H. The summed E-state index contributed by atoms with van der Waals surface area (Å²) in [5, 5.41) is 7.70. The van der Waals surface area contributed by atoms with E-state index < -0.39 is 5.41 Å². The Bertz CT molecular complexity index is 2650. The van der Waals surface area contributed by atoms with Crippen molar-refractivity contribution in [2.75, 3.05) is 0 Å². The minimum atomic E-state index is -0.437. The second kappa shape index (κ2) is 10.9. The molecule has 0 aromatic heterocycles. The van der Waals surface area contributed by atoms with Crippen LogP contribution in [0.3, 0.4) is 0 Å². The molecular formula is C49H32. The van der Waals surface area contributed by atoms with Gasteiger partial charge in [-0.2, -0.15) is 0 Å². The van der Waals surface area contributed by atoms with Crippen molar-refractivity contribution in [2.24, 2.45) is 0 Å². The SMILES string of the molecule is c1ccc(-c2cc3cc(-c4ccc5c(c4)C(c4ccccc4)(c4ccccc4)c4ccccc4-5)c4ccccc4c3c3ccccc23)cc1. The van der Waals surface area contributed by atoms with Crippen LogP contribution in [0.15, 0.2) is 194 Å². The number of rotatable bonds is 4. The molecule has 1 aliphatic carbocycles. The Morgan fingerprint density at radius 3 is 1.37 bits per heavy atom. The Hall–Kier alpha value is -6.24. The predicted octanol–water partition coefficient (Wildman–Crippen LogP) is 12.8. The van der Waals surface area contributed by atoms with E-state index in [2.05, 4.69) is 194 Å². The fourth-order valence-electron chi connectivity index (χ4n) is 8.69. The van der Waals surface area contributed by atoms with Crippen LogP contribution in [0.2, 0.25) is 0 Å². The Labute approximate surface area is 286 Å². The molecule has 10 rings (SSSR count). The van der Waals surface area contributed by atoms with Gasteiger partial charge < -0.3 is 0 Å². The lowest BCUT2D eigenvalue weighted by Crippen LogP contribution is -2.28. The summed E-state index contributed by atoms with van der Waals surface area (Å²) < 4.78 is 0. The molecule has 228 valence electrons. The van der Waals surface area contributed by atoms with Crippen LogP contribution < -0.4 is 0 Å². The molecule has 0 saturated heterocycles. The van der Waals surface area contributed by atoms with Crippen molar-refractivity contribution < 1.29 is 0 Å². The van der Waals surface area contributed by atoms with E-state index in [1.54, 1.807) is 0 Å². The molecule has 49 heavy (non-hydrogen) atoms. The molecule has 9 aromatic carbocycles. The van der Waals surface area contributed by atoms with E-state index in [9.17, 15) is 0 Å². The fourth-order valence-corrected chi connectivity index (χ4v) is 8.69. The summed E-state index contributed by atoms with van der Waals surface area (Å²) in [5.74, 6) is 0. The van der Waals surface area contributed by atoms with Gasteiger partial charge in [0.15, 0.2) is 0 Å². The first kappa shape index (κ1) is 27.8. The average molecular weight is 621 g/mol. The highest BCUT2D eigenvalue weighted by atomic mass is 14.5. The molecule has 0 radical (unpaired) electrons. The molecule has 0 saturated carbocycles. The van der Waals surface area contributed by atoms with Gasteiger partial charge in [0.2, 0.25) is 0 Å². The second-order valence-electron chi connectivity index (χ2n) is 13.2. The van der Waals surface area contributed by atoms with Crippen LogP contribution >= 0.6 is 0 Å². The normalized spacial score (nSPS) is 13.1. The lowest BCUT2D eigenvalue weighted by molar-refractivity contribution is 0.769. The van der Waals surface area contributed by atoms with E-state index in [1.807, 2.05) is 0 Å². The highest BCUT2D eigenvalue weighted by Gasteiger charge is 2.46. The lowest BCUT2D eigenvalue weighted by Gasteiger charge is -2.34. The van der Waals surface area contributed by atoms with Crippen LogP contribution in [-0.4, -0.2) is 0 Å². The quantitative estimate of drug-likeness (QED) is 0.172. The number of benzene rings is 9. The molecule has 0 atom stereocenters. The maximum Gasteiger partial charge on any atom is 0.0713 e. The van der Waals surface area contributed by atoms with Crippen LogP contribution in [0.25, 0.3) is 65.7 Å². The molecule has 0 nitrogen and oxygen atoms in total. The predicted molar refractivity (Wildman–Crippen MR) is 207 cm³/mol. The van der Waals surface area contributed by atoms with Crippen molar-refractivity contribution >= 4 is 32.3 Å². The first-order chi connectivity index (χ1) is 24.3. The molecule has 0 bridgehead atoms. The van der Waals surface area contributed by atoms with Crippen LogP contribution in [0.5, 0.6) is 0 Å². The average Bonchev–Trinajstić information content (AvgIpc) is 3.48. The van der Waals surface area contributed by atoms with Crippen molar-refractivity contribution in [1.82, 2.24) is 0 Å². The van der Waals surface area contributed by atoms with Crippen LogP contribution in [0.4, 0.5) is 0 Å². The van der Waals surface area contributed by atoms with Crippen molar-refractivity contribution in [3.63, 3.8) is 0 Å². The minimum Gasteiger partial charge on any atom is -0.0622 e. The molecular weight excluding hydrogens is 589 g/mol. The first-order valence-corrected chi connectivity index (χ1v) is 17.1. The summed E-state index contributed by atoms with van der Waals surface area (Å²) in [7, 11) is 0. The van der Waals surface area contributed by atoms with Gasteiger partial charge in [0.1, 0.15) is 0 Å². The topological polar surface area (TPSA) is 0 Å². The van der Waals surface area contributed by atoms with E-state index >= 15 is 0 Å². The summed E-state index contributed by atoms with van der Waals surface area (Å²) >= 11 is 0. The second-order valence-corrected chi connectivity index (χ2v) is 13.2. The summed E-state index contributed by atoms with van der Waals surface area (Å²) in [6.07, 6.45) is 0. The maximum atomic E-state index is 2.49. The summed E-state index contributed by atoms with van der Waals surface area (Å²) in [6.45, 7) is 0. The summed E-state index contributed by atoms with van der Waals surface area (Å²) in [5.41, 5.74) is 12.4. The van der Waals surface area contributed by atoms with E-state index in [4.69, 9.17) is 0 Å². The largest absolute Gasteiger partial charge is 0.0713 e. The number of fused-ring (bicyclic) bond motifs is 8. The van der Waals surface area contributed by atoms with Gasteiger partial charge in [-0.3, -0.25) is 0 Å². The van der Waals surface area contributed by atoms with E-state index in [-0.39, 0.29) is 0 Å². The van der Waals surface area contributed by atoms with Crippen molar-refractivity contribution in [1.29, 1.82) is 0 Å². The third kappa shape index (κ3) is 4.04. The first-order valence-electron chi connectivity index (χ1n) is 17.1. The molecule has 0 heteroatoms. The van der Waals surface area contributed by atoms with E-state index in [0.29, 0.717) is 0 Å². The van der Waals surface area contributed by atoms with Gasteiger partial charge in [-0.1, -0.05) is 176 Å². The lowest BCUT2D eigenvalue weighted by atomic mass is 9.67. The molecule has 1 aliphatic rings. The monoisotopic (exact) mass is 620 g/mol. The number of hydrogen-bond donors (Lipinski definition) is 0. The Kier molecular flexibility index (Phi) is 6.19. The van der Waals surface area contributed by atoms with Crippen LogP contribution in [0, 0.1) is 0 Å². The third-order valence-corrected chi connectivity index (χ3v) is 10.7. The molecule has 0 unspecified atom stereocenters. The van der Waals surface area contributed by atoms with Gasteiger partial charge in [0, 0.05) is 0 Å². The van der Waals surface area contributed by atoms with Crippen LogP contribution in [0.1, 0.15) is 22.3 Å². The molecule has 0 heterocycles. The zero-order valence-corrected chi connectivity index (χ0v) is 27.0. The minimum absolute atomic E-state index is 0.437. The third-order valence-electron chi connectivity index (χ3n) is 10.7. The van der Waals surface area contributed by atoms with Gasteiger partial charge >= 0.3 is 0 Å². The molecule has 9 aromatic rings. The highest BCUT2D eigenvalue weighted by Crippen LogP contribution is 2.57. The fraction of sp³-hybridized carbons (Fsp3) is 0.0204. The van der Waals surface area contributed by atoms with Gasteiger partial charge in [-0.25, -0.2) is 0 Å². The highest BCUT2D eigenvalue weighted by molar-refractivity contribution is 6.25. The van der Waals surface area contributed by atoms with Crippen molar-refractivity contribution in [3.8, 4) is 33.4 Å². The molecule has 0 aliphatic heterocycles. The smallest absolute Gasteiger partial charge is 0.0622 e. The summed E-state index contributed by atoms with van der Waals surface area (Å²) in [6, 6.07) is 71.8. The van der Waals surface area contributed by atoms with Crippen LogP contribution in [-0.2, 0) is 5.41 Å². The van der Waals surface area contributed by atoms with E-state index in [1.165, 1.54) is 88.0 Å². The number of hydrogen-bond acceptors (Lipinski definition) is 0. The zero-order chi connectivity index (χ0) is 32.4. The van der Waals surface area contributed by atoms with Crippen molar-refractivity contribution in [3.05, 3.63) is 216 Å². The van der Waals surface area contributed by atoms with Gasteiger partial charge in [0.05, 0.1) is 5.41 Å². The van der Waals surface area contributed by atoms with Gasteiger partial charge in [0.25, 0.3) is 0 Å². The molecule has 0 N–H and O–H groups in total. The van der Waals surface area contributed by atoms with Crippen molar-refractivity contribution in [2.45, 2.75) is 5.41 Å². The maximum absolute atomic E-state index is 2.49. The van der Waals surface area contributed by atoms with Gasteiger partial charge in [-0.15, -0.1) is 0 Å². The molecule has 0 fully saturated rings. The summed E-state index contributed by atoms with van der Waals surface area (Å²) in [4.78, 5) is 0. The Morgan fingerprint density at radius 1 is 0.286 bits per heavy atom. The molecule has 0 amide bonds.